The molecule has 1 amide bonds. The molecule has 0 aliphatic carbocycles. The molecule has 0 saturated heterocycles. The molecule has 1 aliphatic rings. The lowest BCUT2D eigenvalue weighted by molar-refractivity contribution is 0.0726. The van der Waals surface area contributed by atoms with E-state index < -0.39 is 0 Å². The van der Waals surface area contributed by atoms with E-state index in [1.807, 2.05) is 66.2 Å². The van der Waals surface area contributed by atoms with Crippen LogP contribution in [0.2, 0.25) is 0 Å². The van der Waals surface area contributed by atoms with Gasteiger partial charge in [-0.05, 0) is 65.9 Å². The molecule has 8 nitrogen and oxygen atoms in total. The van der Waals surface area contributed by atoms with Crippen molar-refractivity contribution in [1.82, 2.24) is 19.0 Å². The molecular weight excluding hydrogens is 466 g/mol. The van der Waals surface area contributed by atoms with Gasteiger partial charge in [0, 0.05) is 61.6 Å². The third-order valence-corrected chi connectivity index (χ3v) is 6.97. The fourth-order valence-electron chi connectivity index (χ4n) is 4.99. The molecule has 0 atom stereocenters. The summed E-state index contributed by atoms with van der Waals surface area (Å²) < 4.78 is 14.5. The molecule has 1 N–H and O–H groups in total. The van der Waals surface area contributed by atoms with Gasteiger partial charge in [0.15, 0.2) is 0 Å². The summed E-state index contributed by atoms with van der Waals surface area (Å²) in [6.07, 6.45) is 6.29. The normalized spacial score (nSPS) is 13.0. The highest BCUT2D eigenvalue weighted by atomic mass is 16.5. The topological polar surface area (TPSA) is 85.4 Å². The Balaban J connectivity index is 1.56. The van der Waals surface area contributed by atoms with Crippen LogP contribution < -0.4 is 15.1 Å². The van der Waals surface area contributed by atoms with Gasteiger partial charge in [0.2, 0.25) is 5.62 Å². The van der Waals surface area contributed by atoms with Gasteiger partial charge in [-0.25, -0.2) is 0 Å². The first-order valence-electron chi connectivity index (χ1n) is 12.2. The minimum atomic E-state index is -0.00293. The lowest BCUT2D eigenvalue weighted by Crippen LogP contribution is -2.37. The van der Waals surface area contributed by atoms with Crippen LogP contribution in [0.1, 0.15) is 32.7 Å². The lowest BCUT2D eigenvalue weighted by Gasteiger charge is -2.31. The van der Waals surface area contributed by atoms with Crippen molar-refractivity contribution in [2.45, 2.75) is 26.4 Å². The molecule has 3 heterocycles. The summed E-state index contributed by atoms with van der Waals surface area (Å²) in [5, 5.41) is 8.35. The molecule has 190 valence electrons. The molecule has 37 heavy (non-hydrogen) atoms. The number of rotatable bonds is 7. The summed E-state index contributed by atoms with van der Waals surface area (Å²) in [6, 6.07) is 13.8. The van der Waals surface area contributed by atoms with Crippen LogP contribution in [0.25, 0.3) is 11.1 Å². The van der Waals surface area contributed by atoms with Gasteiger partial charge < -0.3 is 23.5 Å². The Labute approximate surface area is 216 Å². The van der Waals surface area contributed by atoms with E-state index in [1.165, 1.54) is 0 Å². The fraction of sp³-hybridized carbons (Fsp3) is 0.276. The van der Waals surface area contributed by atoms with E-state index in [0.717, 1.165) is 39.9 Å². The Morgan fingerprint density at radius 2 is 1.65 bits per heavy atom. The Morgan fingerprint density at radius 3 is 2.30 bits per heavy atom. The van der Waals surface area contributed by atoms with Gasteiger partial charge in [0.1, 0.15) is 11.5 Å². The van der Waals surface area contributed by atoms with Crippen molar-refractivity contribution in [3.05, 3.63) is 94.6 Å². The highest BCUT2D eigenvalue weighted by Gasteiger charge is 2.28. The van der Waals surface area contributed by atoms with Gasteiger partial charge in [0.25, 0.3) is 5.91 Å². The number of pyridine rings is 1. The van der Waals surface area contributed by atoms with Crippen molar-refractivity contribution in [2.75, 3.05) is 20.8 Å². The second kappa shape index (κ2) is 9.97. The number of nitrogens with one attached hydrogen (secondary N) is 1. The van der Waals surface area contributed by atoms with Gasteiger partial charge in [-0.3, -0.25) is 15.2 Å². The average Bonchev–Trinajstić information content (AvgIpc) is 3.22. The number of carbonyl (C=O) groups excluding carboxylic acids is 1. The van der Waals surface area contributed by atoms with E-state index in [2.05, 4.69) is 17.1 Å². The molecule has 2 aromatic heterocycles. The third kappa shape index (κ3) is 4.74. The summed E-state index contributed by atoms with van der Waals surface area (Å²) in [6.45, 7) is 3.57. The van der Waals surface area contributed by atoms with Crippen molar-refractivity contribution in [2.24, 2.45) is 7.05 Å². The van der Waals surface area contributed by atoms with E-state index in [4.69, 9.17) is 14.9 Å². The average molecular weight is 498 g/mol. The van der Waals surface area contributed by atoms with Crippen LogP contribution in [0.15, 0.2) is 61.1 Å². The molecule has 0 radical (unpaired) electrons. The Hall–Kier alpha value is -4.33. The summed E-state index contributed by atoms with van der Waals surface area (Å²) in [5.41, 5.74) is 7.07. The number of hydrogen-bond acceptors (Lipinski definition) is 5. The molecule has 4 aromatic rings. The van der Waals surface area contributed by atoms with Crippen LogP contribution in [0.5, 0.6) is 11.5 Å². The number of benzene rings is 2. The van der Waals surface area contributed by atoms with Gasteiger partial charge in [-0.2, -0.15) is 0 Å². The Morgan fingerprint density at radius 1 is 0.946 bits per heavy atom. The Bertz CT molecular complexity index is 1510. The second-order valence-electron chi connectivity index (χ2n) is 9.36. The van der Waals surface area contributed by atoms with Crippen molar-refractivity contribution in [1.29, 1.82) is 5.41 Å². The molecule has 0 saturated carbocycles. The van der Waals surface area contributed by atoms with Crippen molar-refractivity contribution < 1.29 is 14.3 Å². The molecule has 0 unspecified atom stereocenters. The van der Waals surface area contributed by atoms with E-state index in [-0.39, 0.29) is 5.91 Å². The zero-order valence-corrected chi connectivity index (χ0v) is 21.6. The highest BCUT2D eigenvalue weighted by Crippen LogP contribution is 2.34. The number of carbonyl (C=O) groups is 1. The maximum Gasteiger partial charge on any atom is 0.254 e. The van der Waals surface area contributed by atoms with Gasteiger partial charge in [-0.1, -0.05) is 6.07 Å². The summed E-state index contributed by atoms with van der Waals surface area (Å²) in [4.78, 5) is 20.3. The number of methoxy groups -OCH3 is 2. The van der Waals surface area contributed by atoms with Crippen LogP contribution in [0.3, 0.4) is 0 Å². The minimum Gasteiger partial charge on any atom is -0.497 e. The van der Waals surface area contributed by atoms with E-state index in [1.54, 1.807) is 25.0 Å². The summed E-state index contributed by atoms with van der Waals surface area (Å²) in [7, 11) is 5.10. The van der Waals surface area contributed by atoms with Crippen molar-refractivity contribution in [3.63, 3.8) is 0 Å². The van der Waals surface area contributed by atoms with Crippen LogP contribution in [0, 0.1) is 12.3 Å². The van der Waals surface area contributed by atoms with Gasteiger partial charge in [0.05, 0.1) is 20.8 Å². The minimum absolute atomic E-state index is 0.00293. The third-order valence-electron chi connectivity index (χ3n) is 6.97. The SMILES string of the molecule is COc1cc(CN2CCc3c(cc(Cn4ccn(C)c4=N)cc3-c3cccnc3C)C2=O)cc(OC)c1. The summed E-state index contributed by atoms with van der Waals surface area (Å²) in [5.74, 6) is 1.39. The van der Waals surface area contributed by atoms with E-state index in [9.17, 15) is 4.79 Å². The fourth-order valence-corrected chi connectivity index (χ4v) is 4.99. The van der Waals surface area contributed by atoms with E-state index in [0.29, 0.717) is 42.3 Å². The number of imidazole rings is 1. The van der Waals surface area contributed by atoms with Crippen molar-refractivity contribution in [3.8, 4) is 22.6 Å². The maximum absolute atomic E-state index is 13.9. The highest BCUT2D eigenvalue weighted by molar-refractivity contribution is 5.99. The largest absolute Gasteiger partial charge is 0.497 e. The first-order valence-corrected chi connectivity index (χ1v) is 12.2. The number of ether oxygens (including phenoxy) is 2. The van der Waals surface area contributed by atoms with E-state index >= 15 is 0 Å². The van der Waals surface area contributed by atoms with Crippen LogP contribution >= 0.6 is 0 Å². The predicted molar refractivity (Wildman–Crippen MR) is 141 cm³/mol. The number of aromatic nitrogens is 3. The standard InChI is InChI=1S/C29H31N5O3/c1-19-24(6-5-8-31-19)26-14-21(18-34-11-10-32(2)29(34)30)15-27-25(26)7-9-33(28(27)35)17-20-12-22(36-3)16-23(13-20)37-4/h5-6,8,10-16,30H,7,9,17-18H2,1-4H3. The monoisotopic (exact) mass is 497 g/mol. The molecule has 0 spiro atoms. The summed E-state index contributed by atoms with van der Waals surface area (Å²) >= 11 is 0. The number of amides is 1. The molecule has 0 fully saturated rings. The Kier molecular flexibility index (Phi) is 6.56. The number of aryl methyl sites for hydroxylation is 2. The van der Waals surface area contributed by atoms with Gasteiger partial charge in [-0.15, -0.1) is 0 Å². The van der Waals surface area contributed by atoms with Crippen LogP contribution in [0.4, 0.5) is 0 Å². The molecule has 8 heteroatoms. The molecule has 1 aliphatic heterocycles. The molecular formula is C29H31N5O3. The zero-order chi connectivity index (χ0) is 26.1. The first kappa shape index (κ1) is 24.4. The first-order chi connectivity index (χ1) is 17.9. The molecule has 2 aromatic carbocycles. The number of nitrogens with zero attached hydrogens (tertiary/aromatic N) is 4. The number of fused-ring (bicyclic) bond motifs is 1. The second-order valence-corrected chi connectivity index (χ2v) is 9.36. The van der Waals surface area contributed by atoms with Crippen LogP contribution in [-0.4, -0.2) is 45.7 Å². The quantitative estimate of drug-likeness (QED) is 0.419. The smallest absolute Gasteiger partial charge is 0.254 e. The lowest BCUT2D eigenvalue weighted by atomic mass is 9.87. The maximum atomic E-state index is 13.9. The predicted octanol–water partition coefficient (Wildman–Crippen LogP) is 3.94. The van der Waals surface area contributed by atoms with Gasteiger partial charge >= 0.3 is 0 Å². The zero-order valence-electron chi connectivity index (χ0n) is 21.6. The van der Waals surface area contributed by atoms with Crippen LogP contribution in [-0.2, 0) is 26.6 Å². The molecule has 0 bridgehead atoms. The molecule has 5 rings (SSSR count). The van der Waals surface area contributed by atoms with Crippen molar-refractivity contribution >= 4 is 5.91 Å². The number of hydrogen-bond donors (Lipinski definition) is 1.